The number of anilines is 1. The average Bonchev–Trinajstić information content (AvgIpc) is 3.19. The molecule has 0 aliphatic carbocycles. The summed E-state index contributed by atoms with van der Waals surface area (Å²) in [6, 6.07) is 6.20. The Kier molecular flexibility index (Phi) is 4.02. The van der Waals surface area contributed by atoms with Crippen molar-refractivity contribution in [2.45, 2.75) is 12.6 Å². The van der Waals surface area contributed by atoms with Gasteiger partial charge in [-0.25, -0.2) is 9.67 Å². The first-order valence-electron chi connectivity index (χ1n) is 6.70. The molecule has 0 radical (unpaired) electrons. The van der Waals surface area contributed by atoms with E-state index in [1.54, 1.807) is 24.4 Å². The van der Waals surface area contributed by atoms with Gasteiger partial charge in [-0.15, -0.1) is 0 Å². The maximum Gasteiger partial charge on any atom is 0.397 e. The van der Waals surface area contributed by atoms with Crippen LogP contribution < -0.4 is 5.32 Å². The van der Waals surface area contributed by atoms with Crippen molar-refractivity contribution in [1.82, 2.24) is 19.7 Å². The fourth-order valence-corrected chi connectivity index (χ4v) is 1.91. The Bertz CT molecular complexity index is 776. The van der Waals surface area contributed by atoms with Gasteiger partial charge in [0.05, 0.1) is 6.26 Å². The van der Waals surface area contributed by atoms with Gasteiger partial charge < -0.3 is 9.73 Å². The van der Waals surface area contributed by atoms with Crippen LogP contribution in [0.4, 0.5) is 19.0 Å². The summed E-state index contributed by atoms with van der Waals surface area (Å²) in [6.07, 6.45) is -1.74. The highest BCUT2D eigenvalue weighted by Gasteiger charge is 2.31. The monoisotopic (exact) mass is 337 g/mol. The molecule has 0 unspecified atom stereocenters. The zero-order valence-corrected chi connectivity index (χ0v) is 12.0. The number of furan rings is 1. The van der Waals surface area contributed by atoms with E-state index in [1.807, 2.05) is 0 Å². The molecule has 3 aromatic heterocycles. The SMILES string of the molecule is O=C(CC(F)(F)F)Nc1cc(-c2ccco2)nc(-n2cccn2)n1. The standard InChI is InChI=1S/C14H10F3N5O2/c15-14(16,17)8-12(23)20-11-7-9(10-3-1-6-24-10)19-13(21-11)22-5-2-4-18-22/h1-7H,8H2,(H,19,20,21,23). The molecule has 0 aromatic carbocycles. The lowest BCUT2D eigenvalue weighted by atomic mass is 10.3. The van der Waals surface area contributed by atoms with E-state index in [1.165, 1.54) is 23.2 Å². The summed E-state index contributed by atoms with van der Waals surface area (Å²) in [6.45, 7) is 0. The molecule has 0 atom stereocenters. The molecule has 0 aliphatic heterocycles. The minimum Gasteiger partial charge on any atom is -0.463 e. The summed E-state index contributed by atoms with van der Waals surface area (Å²) in [5, 5.41) is 6.07. The number of halogens is 3. The van der Waals surface area contributed by atoms with Crippen LogP contribution in [0.1, 0.15) is 6.42 Å². The van der Waals surface area contributed by atoms with Crippen molar-refractivity contribution in [3.63, 3.8) is 0 Å². The molecule has 0 fully saturated rings. The highest BCUT2D eigenvalue weighted by atomic mass is 19.4. The van der Waals surface area contributed by atoms with Crippen molar-refractivity contribution < 1.29 is 22.4 Å². The van der Waals surface area contributed by atoms with Crippen molar-refractivity contribution in [2.75, 3.05) is 5.32 Å². The number of rotatable bonds is 4. The molecule has 3 aromatic rings. The van der Waals surface area contributed by atoms with Crippen molar-refractivity contribution >= 4 is 11.7 Å². The largest absolute Gasteiger partial charge is 0.463 e. The molecule has 0 bridgehead atoms. The Morgan fingerprint density at radius 1 is 1.29 bits per heavy atom. The molecule has 0 saturated carbocycles. The molecule has 0 saturated heterocycles. The normalized spacial score (nSPS) is 11.5. The van der Waals surface area contributed by atoms with Crippen LogP contribution in [0.3, 0.4) is 0 Å². The molecule has 24 heavy (non-hydrogen) atoms. The Hall–Kier alpha value is -3.17. The Labute approximate surface area is 133 Å². The summed E-state index contributed by atoms with van der Waals surface area (Å²) < 4.78 is 43.4. The van der Waals surface area contributed by atoms with Gasteiger partial charge in [-0.1, -0.05) is 0 Å². The Morgan fingerprint density at radius 3 is 2.75 bits per heavy atom. The highest BCUT2D eigenvalue weighted by molar-refractivity contribution is 5.90. The number of nitrogens with zero attached hydrogens (tertiary/aromatic N) is 4. The second kappa shape index (κ2) is 6.14. The van der Waals surface area contributed by atoms with E-state index < -0.39 is 18.5 Å². The molecule has 10 heteroatoms. The van der Waals surface area contributed by atoms with Gasteiger partial charge in [0.2, 0.25) is 5.91 Å². The summed E-state index contributed by atoms with van der Waals surface area (Å²) in [5.74, 6) is -0.859. The molecule has 3 rings (SSSR count). The number of hydrogen-bond acceptors (Lipinski definition) is 5. The second-order valence-electron chi connectivity index (χ2n) is 4.71. The van der Waals surface area contributed by atoms with E-state index in [0.717, 1.165) is 0 Å². The van der Waals surface area contributed by atoms with Crippen molar-refractivity contribution in [3.05, 3.63) is 42.9 Å². The zero-order chi connectivity index (χ0) is 17.2. The van der Waals surface area contributed by atoms with E-state index in [2.05, 4.69) is 20.4 Å². The second-order valence-corrected chi connectivity index (χ2v) is 4.71. The van der Waals surface area contributed by atoms with Crippen LogP contribution in [-0.2, 0) is 4.79 Å². The van der Waals surface area contributed by atoms with E-state index in [-0.39, 0.29) is 11.8 Å². The molecule has 7 nitrogen and oxygen atoms in total. The predicted molar refractivity (Wildman–Crippen MR) is 76.2 cm³/mol. The third-order valence-corrected chi connectivity index (χ3v) is 2.83. The van der Waals surface area contributed by atoms with E-state index in [9.17, 15) is 18.0 Å². The third-order valence-electron chi connectivity index (χ3n) is 2.83. The predicted octanol–water partition coefficient (Wildman–Crippen LogP) is 2.81. The van der Waals surface area contributed by atoms with Crippen LogP contribution in [-0.4, -0.2) is 31.8 Å². The van der Waals surface area contributed by atoms with Crippen LogP contribution in [0.15, 0.2) is 47.3 Å². The molecule has 3 heterocycles. The maximum absolute atomic E-state index is 12.3. The number of amides is 1. The minimum absolute atomic E-state index is 0.0798. The van der Waals surface area contributed by atoms with Crippen LogP contribution in [0, 0.1) is 0 Å². The molecule has 1 amide bonds. The molecular weight excluding hydrogens is 327 g/mol. The fraction of sp³-hybridized carbons (Fsp3) is 0.143. The molecule has 0 aliphatic rings. The molecular formula is C14H10F3N5O2. The van der Waals surface area contributed by atoms with Crippen LogP contribution >= 0.6 is 0 Å². The van der Waals surface area contributed by atoms with Gasteiger partial charge in [0.25, 0.3) is 5.95 Å². The lowest BCUT2D eigenvalue weighted by Gasteiger charge is -2.09. The first-order valence-corrected chi connectivity index (χ1v) is 6.70. The first-order chi connectivity index (χ1) is 11.4. The Morgan fingerprint density at radius 2 is 2.12 bits per heavy atom. The van der Waals surface area contributed by atoms with Crippen LogP contribution in [0.2, 0.25) is 0 Å². The Balaban J connectivity index is 1.95. The number of hydrogen-bond donors (Lipinski definition) is 1. The minimum atomic E-state index is -4.61. The summed E-state index contributed by atoms with van der Waals surface area (Å²) in [5.41, 5.74) is 0.294. The smallest absolute Gasteiger partial charge is 0.397 e. The maximum atomic E-state index is 12.3. The van der Waals surface area contributed by atoms with Gasteiger partial charge in [-0.3, -0.25) is 4.79 Å². The lowest BCUT2D eigenvalue weighted by Crippen LogP contribution is -2.22. The van der Waals surface area contributed by atoms with Gasteiger partial charge in [-0.05, 0) is 18.2 Å². The first kappa shape index (κ1) is 15.7. The zero-order valence-electron chi connectivity index (χ0n) is 12.0. The molecule has 124 valence electrons. The van der Waals surface area contributed by atoms with Crippen molar-refractivity contribution in [2.24, 2.45) is 0 Å². The van der Waals surface area contributed by atoms with Crippen molar-refractivity contribution in [1.29, 1.82) is 0 Å². The van der Waals surface area contributed by atoms with E-state index in [4.69, 9.17) is 4.42 Å². The summed E-state index contributed by atoms with van der Waals surface area (Å²) in [7, 11) is 0. The number of alkyl halides is 3. The summed E-state index contributed by atoms with van der Waals surface area (Å²) >= 11 is 0. The number of carbonyl (C=O) groups is 1. The molecule has 0 spiro atoms. The highest BCUT2D eigenvalue weighted by Crippen LogP contribution is 2.23. The molecule has 1 N–H and O–H groups in total. The van der Waals surface area contributed by atoms with Crippen LogP contribution in [0.25, 0.3) is 17.4 Å². The number of carbonyl (C=O) groups excluding carboxylic acids is 1. The number of nitrogens with one attached hydrogen (secondary N) is 1. The third kappa shape index (κ3) is 3.77. The van der Waals surface area contributed by atoms with Crippen molar-refractivity contribution in [3.8, 4) is 17.4 Å². The van der Waals surface area contributed by atoms with E-state index >= 15 is 0 Å². The number of aromatic nitrogens is 4. The van der Waals surface area contributed by atoms with Crippen LogP contribution in [0.5, 0.6) is 0 Å². The topological polar surface area (TPSA) is 85.8 Å². The van der Waals surface area contributed by atoms with Gasteiger partial charge in [0.15, 0.2) is 5.76 Å². The van der Waals surface area contributed by atoms with Gasteiger partial charge in [-0.2, -0.15) is 23.3 Å². The average molecular weight is 337 g/mol. The lowest BCUT2D eigenvalue weighted by molar-refractivity contribution is -0.150. The van der Waals surface area contributed by atoms with Gasteiger partial charge in [0, 0.05) is 18.5 Å². The fourth-order valence-electron chi connectivity index (χ4n) is 1.91. The summed E-state index contributed by atoms with van der Waals surface area (Å²) in [4.78, 5) is 19.7. The van der Waals surface area contributed by atoms with Gasteiger partial charge >= 0.3 is 6.18 Å². The quantitative estimate of drug-likeness (QED) is 0.791. The van der Waals surface area contributed by atoms with E-state index in [0.29, 0.717) is 11.5 Å². The van der Waals surface area contributed by atoms with Gasteiger partial charge in [0.1, 0.15) is 17.9 Å².